The molecule has 1 aromatic rings. The Kier molecular flexibility index (Phi) is 6.33. The van der Waals surface area contributed by atoms with Crippen molar-refractivity contribution in [1.29, 1.82) is 0 Å². The van der Waals surface area contributed by atoms with Crippen molar-refractivity contribution in [2.45, 2.75) is 39.3 Å². The van der Waals surface area contributed by atoms with Gasteiger partial charge in [-0.25, -0.2) is 4.98 Å². The van der Waals surface area contributed by atoms with Gasteiger partial charge in [0.05, 0.1) is 6.61 Å². The highest BCUT2D eigenvalue weighted by Gasteiger charge is 2.04. The summed E-state index contributed by atoms with van der Waals surface area (Å²) in [5.74, 6) is 0.740. The maximum Gasteiger partial charge on any atom is 0.217 e. The largest absolute Gasteiger partial charge is 0.477 e. The fourth-order valence-corrected chi connectivity index (χ4v) is 1.40. The van der Waals surface area contributed by atoms with Crippen LogP contribution in [0, 0.1) is 0 Å². The average molecular weight is 234 g/mol. The number of pyridine rings is 1. The lowest BCUT2D eigenvalue weighted by Crippen LogP contribution is -2.22. The molecule has 1 rings (SSSR count). The number of nitrogens with zero attached hydrogens (tertiary/aromatic N) is 1. The van der Waals surface area contributed by atoms with Crippen LogP contribution in [0.15, 0.2) is 31.0 Å². The number of hydrogen-bond acceptors (Lipinski definition) is 3. The maximum atomic E-state index is 5.67. The van der Waals surface area contributed by atoms with Crippen molar-refractivity contribution in [2.24, 2.45) is 0 Å². The van der Waals surface area contributed by atoms with Gasteiger partial charge in [0.2, 0.25) is 5.88 Å². The number of unbranched alkanes of at least 4 members (excludes halogenated alkanes) is 1. The number of ether oxygens (including phenoxy) is 1. The summed E-state index contributed by atoms with van der Waals surface area (Å²) < 4.78 is 5.67. The van der Waals surface area contributed by atoms with Gasteiger partial charge in [-0.3, -0.25) is 0 Å². The number of allylic oxidation sites excluding steroid dienone is 1. The molecule has 0 unspecified atom stereocenters. The van der Waals surface area contributed by atoms with Gasteiger partial charge in [0.15, 0.2) is 0 Å². The normalized spacial score (nSPS) is 10.5. The van der Waals surface area contributed by atoms with Crippen LogP contribution < -0.4 is 10.1 Å². The Bertz CT molecular complexity index is 337. The fourth-order valence-electron chi connectivity index (χ4n) is 1.40. The van der Waals surface area contributed by atoms with Gasteiger partial charge in [-0.2, -0.15) is 0 Å². The summed E-state index contributed by atoms with van der Waals surface area (Å²) in [6.45, 7) is 9.43. The summed E-state index contributed by atoms with van der Waals surface area (Å²) in [4.78, 5) is 4.27. The summed E-state index contributed by atoms with van der Waals surface area (Å²) in [6, 6.07) is 4.45. The number of rotatable bonds is 8. The summed E-state index contributed by atoms with van der Waals surface area (Å²) in [5, 5.41) is 3.37. The standard InChI is InChI=1S/C14H22N2O/c1-4-5-6-10-17-14-13(8-7-9-15-14)11-16-12(2)3/h4,7-9,12,16H,1,5-6,10-11H2,2-3H3. The third kappa shape index (κ3) is 5.50. The van der Waals surface area contributed by atoms with E-state index in [4.69, 9.17) is 4.74 Å². The molecule has 94 valence electrons. The molecule has 0 aliphatic rings. The highest BCUT2D eigenvalue weighted by atomic mass is 16.5. The van der Waals surface area contributed by atoms with Crippen LogP contribution >= 0.6 is 0 Å². The van der Waals surface area contributed by atoms with Gasteiger partial charge in [-0.1, -0.05) is 26.0 Å². The van der Waals surface area contributed by atoms with Crippen LogP contribution in [0.4, 0.5) is 0 Å². The summed E-state index contributed by atoms with van der Waals surface area (Å²) in [5.41, 5.74) is 1.11. The van der Waals surface area contributed by atoms with Crippen LogP contribution in [0.1, 0.15) is 32.3 Å². The Labute approximate surface area is 104 Å². The monoisotopic (exact) mass is 234 g/mol. The fraction of sp³-hybridized carbons (Fsp3) is 0.500. The lowest BCUT2D eigenvalue weighted by atomic mass is 10.2. The predicted molar refractivity (Wildman–Crippen MR) is 71.1 cm³/mol. The molecule has 0 spiro atoms. The third-order valence-electron chi connectivity index (χ3n) is 2.34. The van der Waals surface area contributed by atoms with E-state index in [1.165, 1.54) is 0 Å². The van der Waals surface area contributed by atoms with Crippen LogP contribution in [-0.2, 0) is 6.54 Å². The first-order valence-corrected chi connectivity index (χ1v) is 6.15. The molecule has 3 heteroatoms. The van der Waals surface area contributed by atoms with Crippen molar-refractivity contribution in [3.63, 3.8) is 0 Å². The molecule has 0 amide bonds. The summed E-state index contributed by atoms with van der Waals surface area (Å²) in [7, 11) is 0. The van der Waals surface area contributed by atoms with Crippen LogP contribution in [0.25, 0.3) is 0 Å². The molecule has 1 heterocycles. The molecule has 0 aromatic carbocycles. The second kappa shape index (κ2) is 7.85. The Morgan fingerprint density at radius 2 is 2.35 bits per heavy atom. The zero-order chi connectivity index (χ0) is 12.5. The van der Waals surface area contributed by atoms with Gasteiger partial charge >= 0.3 is 0 Å². The van der Waals surface area contributed by atoms with Crippen molar-refractivity contribution < 1.29 is 4.74 Å². The van der Waals surface area contributed by atoms with Gasteiger partial charge in [-0.05, 0) is 18.9 Å². The molecule has 0 saturated heterocycles. The van der Waals surface area contributed by atoms with Gasteiger partial charge in [0.25, 0.3) is 0 Å². The zero-order valence-corrected chi connectivity index (χ0v) is 10.8. The number of nitrogens with one attached hydrogen (secondary N) is 1. The van der Waals surface area contributed by atoms with E-state index in [1.54, 1.807) is 6.20 Å². The molecular weight excluding hydrogens is 212 g/mol. The molecule has 0 aliphatic carbocycles. The molecule has 3 nitrogen and oxygen atoms in total. The second-order valence-electron chi connectivity index (χ2n) is 4.28. The SMILES string of the molecule is C=CCCCOc1ncccc1CNC(C)C. The van der Waals surface area contributed by atoms with E-state index < -0.39 is 0 Å². The van der Waals surface area contributed by atoms with Gasteiger partial charge in [0.1, 0.15) is 0 Å². The van der Waals surface area contributed by atoms with Crippen molar-refractivity contribution >= 4 is 0 Å². The summed E-state index contributed by atoms with van der Waals surface area (Å²) >= 11 is 0. The van der Waals surface area contributed by atoms with Gasteiger partial charge in [-0.15, -0.1) is 6.58 Å². The number of aromatic nitrogens is 1. The van der Waals surface area contributed by atoms with Crippen molar-refractivity contribution in [1.82, 2.24) is 10.3 Å². The first-order valence-electron chi connectivity index (χ1n) is 6.15. The van der Waals surface area contributed by atoms with E-state index >= 15 is 0 Å². The van der Waals surface area contributed by atoms with Crippen LogP contribution in [-0.4, -0.2) is 17.6 Å². The second-order valence-corrected chi connectivity index (χ2v) is 4.28. The Balaban J connectivity index is 2.48. The minimum atomic E-state index is 0.462. The predicted octanol–water partition coefficient (Wildman–Crippen LogP) is 2.92. The molecule has 1 aromatic heterocycles. The van der Waals surface area contributed by atoms with E-state index in [-0.39, 0.29) is 0 Å². The van der Waals surface area contributed by atoms with E-state index in [9.17, 15) is 0 Å². The van der Waals surface area contributed by atoms with Gasteiger partial charge < -0.3 is 10.1 Å². The molecular formula is C14H22N2O. The van der Waals surface area contributed by atoms with Gasteiger partial charge in [0, 0.05) is 24.3 Å². The molecule has 0 bridgehead atoms. The molecule has 1 N–H and O–H groups in total. The first-order chi connectivity index (χ1) is 8.24. The topological polar surface area (TPSA) is 34.1 Å². The molecule has 0 aliphatic heterocycles. The first kappa shape index (κ1) is 13.7. The Morgan fingerprint density at radius 1 is 1.53 bits per heavy atom. The Morgan fingerprint density at radius 3 is 3.06 bits per heavy atom. The molecule has 0 atom stereocenters. The highest BCUT2D eigenvalue weighted by Crippen LogP contribution is 2.14. The molecule has 0 fully saturated rings. The maximum absolute atomic E-state index is 5.67. The van der Waals surface area contributed by atoms with E-state index in [0.29, 0.717) is 12.6 Å². The van der Waals surface area contributed by atoms with Crippen LogP contribution in [0.5, 0.6) is 5.88 Å². The van der Waals surface area contributed by atoms with Crippen molar-refractivity contribution in [3.8, 4) is 5.88 Å². The third-order valence-corrected chi connectivity index (χ3v) is 2.34. The molecule has 0 radical (unpaired) electrons. The van der Waals surface area contributed by atoms with E-state index in [1.807, 2.05) is 18.2 Å². The van der Waals surface area contributed by atoms with E-state index in [2.05, 4.69) is 30.7 Å². The lowest BCUT2D eigenvalue weighted by Gasteiger charge is -2.12. The van der Waals surface area contributed by atoms with Crippen LogP contribution in [0.3, 0.4) is 0 Å². The van der Waals surface area contributed by atoms with Crippen molar-refractivity contribution in [3.05, 3.63) is 36.5 Å². The van der Waals surface area contributed by atoms with Crippen LogP contribution in [0.2, 0.25) is 0 Å². The molecule has 0 saturated carbocycles. The minimum Gasteiger partial charge on any atom is -0.477 e. The Hall–Kier alpha value is -1.35. The van der Waals surface area contributed by atoms with Crippen molar-refractivity contribution in [2.75, 3.05) is 6.61 Å². The minimum absolute atomic E-state index is 0.462. The molecule has 17 heavy (non-hydrogen) atoms. The number of hydrogen-bond donors (Lipinski definition) is 1. The zero-order valence-electron chi connectivity index (χ0n) is 10.8. The smallest absolute Gasteiger partial charge is 0.217 e. The lowest BCUT2D eigenvalue weighted by molar-refractivity contribution is 0.296. The average Bonchev–Trinajstić information content (AvgIpc) is 2.33. The summed E-state index contributed by atoms with van der Waals surface area (Å²) in [6.07, 6.45) is 5.63. The highest BCUT2D eigenvalue weighted by molar-refractivity contribution is 5.25. The van der Waals surface area contributed by atoms with E-state index in [0.717, 1.165) is 30.8 Å². The quantitative estimate of drug-likeness (QED) is 0.554.